The van der Waals surface area contributed by atoms with Crippen LogP contribution in [0.1, 0.15) is 0 Å². The monoisotopic (exact) mass is 323 g/mol. The van der Waals surface area contributed by atoms with Crippen LogP contribution in [-0.4, -0.2) is 13.7 Å². The average Bonchev–Trinajstić information content (AvgIpc) is 2.62. The third-order valence-electron chi connectivity index (χ3n) is 3.29. The molecule has 3 aromatic rings. The van der Waals surface area contributed by atoms with Crippen LogP contribution in [0.5, 0.6) is 23.0 Å². The number of hydrogen-bond donors (Lipinski definition) is 0. The zero-order valence-corrected chi connectivity index (χ0v) is 12.8. The minimum absolute atomic E-state index is 0.0708. The highest BCUT2D eigenvalue weighted by atomic mass is 16.5. The standard InChI is InChI=1S/C18H13NO5/c1-21-12-3-2-4-14(9-12)24-17-11-23-16-10-13(22-8-7-19)5-6-15(16)18(17)20/h2-6,9-11H,8H2,1H3. The molecule has 0 N–H and O–H groups in total. The first-order valence-electron chi connectivity index (χ1n) is 7.08. The lowest BCUT2D eigenvalue weighted by molar-refractivity contribution is 0.367. The van der Waals surface area contributed by atoms with Crippen molar-refractivity contribution in [1.82, 2.24) is 0 Å². The van der Waals surface area contributed by atoms with Crippen molar-refractivity contribution in [3.05, 3.63) is 59.0 Å². The molecular weight excluding hydrogens is 310 g/mol. The van der Waals surface area contributed by atoms with Gasteiger partial charge in [-0.25, -0.2) is 0 Å². The normalized spacial score (nSPS) is 10.2. The van der Waals surface area contributed by atoms with Gasteiger partial charge in [-0.1, -0.05) is 6.07 Å². The first kappa shape index (κ1) is 15.4. The van der Waals surface area contributed by atoms with Crippen LogP contribution < -0.4 is 19.6 Å². The molecule has 6 heteroatoms. The Labute approximate surface area is 137 Å². The van der Waals surface area contributed by atoms with Crippen LogP contribution in [0.15, 0.2) is 57.9 Å². The zero-order valence-electron chi connectivity index (χ0n) is 12.8. The summed E-state index contributed by atoms with van der Waals surface area (Å²) in [6, 6.07) is 13.5. The second-order valence-corrected chi connectivity index (χ2v) is 4.81. The Kier molecular flexibility index (Phi) is 4.34. The van der Waals surface area contributed by atoms with Gasteiger partial charge in [0.25, 0.3) is 0 Å². The fourth-order valence-corrected chi connectivity index (χ4v) is 2.16. The molecule has 6 nitrogen and oxygen atoms in total. The summed E-state index contributed by atoms with van der Waals surface area (Å²) in [6.07, 6.45) is 1.25. The second kappa shape index (κ2) is 6.75. The first-order valence-corrected chi connectivity index (χ1v) is 7.08. The molecule has 0 aliphatic heterocycles. The molecule has 0 atom stereocenters. The molecular formula is C18H13NO5. The first-order chi connectivity index (χ1) is 11.7. The molecule has 120 valence electrons. The number of ether oxygens (including phenoxy) is 3. The number of nitriles is 1. The molecule has 1 aromatic heterocycles. The SMILES string of the molecule is COc1cccc(Oc2coc3cc(OCC#N)ccc3c2=O)c1. The molecule has 1 heterocycles. The molecule has 0 unspecified atom stereocenters. The summed E-state index contributed by atoms with van der Waals surface area (Å²) < 4.78 is 21.4. The third kappa shape index (κ3) is 3.15. The quantitative estimate of drug-likeness (QED) is 0.715. The van der Waals surface area contributed by atoms with Gasteiger partial charge in [0.2, 0.25) is 11.2 Å². The number of rotatable bonds is 5. The summed E-state index contributed by atoms with van der Waals surface area (Å²) in [4.78, 5) is 12.5. The minimum atomic E-state index is -0.300. The van der Waals surface area contributed by atoms with Crippen molar-refractivity contribution >= 4 is 11.0 Å². The van der Waals surface area contributed by atoms with Gasteiger partial charge < -0.3 is 18.6 Å². The summed E-state index contributed by atoms with van der Waals surface area (Å²) in [5.41, 5.74) is 0.0549. The Morgan fingerprint density at radius 3 is 2.75 bits per heavy atom. The molecule has 0 saturated heterocycles. The lowest BCUT2D eigenvalue weighted by Gasteiger charge is -2.07. The molecule has 24 heavy (non-hydrogen) atoms. The van der Waals surface area contributed by atoms with E-state index in [0.717, 1.165) is 0 Å². The summed E-state index contributed by atoms with van der Waals surface area (Å²) >= 11 is 0. The molecule has 0 amide bonds. The Bertz CT molecular complexity index is 971. The zero-order chi connectivity index (χ0) is 16.9. The Hall–Kier alpha value is -3.46. The van der Waals surface area contributed by atoms with Crippen molar-refractivity contribution in [2.24, 2.45) is 0 Å². The summed E-state index contributed by atoms with van der Waals surface area (Å²) in [7, 11) is 1.55. The molecule has 0 radical (unpaired) electrons. The van der Waals surface area contributed by atoms with Crippen molar-refractivity contribution in [3.8, 4) is 29.1 Å². The van der Waals surface area contributed by atoms with Crippen molar-refractivity contribution in [1.29, 1.82) is 5.26 Å². The molecule has 0 spiro atoms. The van der Waals surface area contributed by atoms with E-state index in [-0.39, 0.29) is 17.8 Å². The predicted octanol–water partition coefficient (Wildman–Crippen LogP) is 3.50. The van der Waals surface area contributed by atoms with Gasteiger partial charge in [-0.15, -0.1) is 0 Å². The van der Waals surface area contributed by atoms with Gasteiger partial charge in [-0.2, -0.15) is 5.26 Å². The molecule has 0 aliphatic rings. The molecule has 3 rings (SSSR count). The minimum Gasteiger partial charge on any atom is -0.497 e. The number of hydrogen-bond acceptors (Lipinski definition) is 6. The van der Waals surface area contributed by atoms with E-state index in [4.69, 9.17) is 23.9 Å². The van der Waals surface area contributed by atoms with E-state index < -0.39 is 0 Å². The maximum Gasteiger partial charge on any atom is 0.235 e. The van der Waals surface area contributed by atoms with Crippen molar-refractivity contribution in [2.75, 3.05) is 13.7 Å². The highest BCUT2D eigenvalue weighted by Crippen LogP contribution is 2.26. The molecule has 2 aromatic carbocycles. The van der Waals surface area contributed by atoms with Crippen LogP contribution in [-0.2, 0) is 0 Å². The Balaban J connectivity index is 1.94. The van der Waals surface area contributed by atoms with Gasteiger partial charge in [0.05, 0.1) is 12.5 Å². The van der Waals surface area contributed by atoms with E-state index in [9.17, 15) is 4.79 Å². The molecule has 0 bridgehead atoms. The second-order valence-electron chi connectivity index (χ2n) is 4.81. The van der Waals surface area contributed by atoms with Gasteiger partial charge in [0.15, 0.2) is 6.61 Å². The van der Waals surface area contributed by atoms with Gasteiger partial charge >= 0.3 is 0 Å². The summed E-state index contributed by atoms with van der Waals surface area (Å²) in [5, 5.41) is 8.89. The van der Waals surface area contributed by atoms with Gasteiger partial charge in [0, 0.05) is 12.1 Å². The Morgan fingerprint density at radius 1 is 1.12 bits per heavy atom. The van der Waals surface area contributed by atoms with Crippen LogP contribution in [0, 0.1) is 11.3 Å². The summed E-state index contributed by atoms with van der Waals surface area (Å²) in [6.45, 7) is -0.0766. The number of nitrogens with zero attached hydrogens (tertiary/aromatic N) is 1. The van der Waals surface area contributed by atoms with E-state index >= 15 is 0 Å². The predicted molar refractivity (Wildman–Crippen MR) is 86.7 cm³/mol. The van der Waals surface area contributed by atoms with E-state index in [2.05, 4.69) is 0 Å². The largest absolute Gasteiger partial charge is 0.497 e. The van der Waals surface area contributed by atoms with Crippen LogP contribution in [0.4, 0.5) is 0 Å². The van der Waals surface area contributed by atoms with Crippen molar-refractivity contribution < 1.29 is 18.6 Å². The smallest absolute Gasteiger partial charge is 0.235 e. The van der Waals surface area contributed by atoms with Crippen LogP contribution in [0.25, 0.3) is 11.0 Å². The topological polar surface area (TPSA) is 81.7 Å². The van der Waals surface area contributed by atoms with Crippen LogP contribution in [0.3, 0.4) is 0 Å². The maximum atomic E-state index is 12.5. The molecule has 0 aliphatic carbocycles. The average molecular weight is 323 g/mol. The van der Waals surface area contributed by atoms with E-state index in [1.807, 2.05) is 6.07 Å². The van der Waals surface area contributed by atoms with Gasteiger partial charge in [-0.3, -0.25) is 4.79 Å². The molecule has 0 fully saturated rings. The fourth-order valence-electron chi connectivity index (χ4n) is 2.16. The van der Waals surface area contributed by atoms with E-state index in [0.29, 0.717) is 28.2 Å². The van der Waals surface area contributed by atoms with Crippen molar-refractivity contribution in [2.45, 2.75) is 0 Å². The number of methoxy groups -OCH3 is 1. The van der Waals surface area contributed by atoms with Crippen LogP contribution in [0.2, 0.25) is 0 Å². The highest BCUT2D eigenvalue weighted by Gasteiger charge is 2.10. The van der Waals surface area contributed by atoms with E-state index in [1.165, 1.54) is 6.26 Å². The number of benzene rings is 2. The maximum absolute atomic E-state index is 12.5. The van der Waals surface area contributed by atoms with Crippen LogP contribution >= 0.6 is 0 Å². The number of fused-ring (bicyclic) bond motifs is 1. The third-order valence-corrected chi connectivity index (χ3v) is 3.29. The molecule has 0 saturated carbocycles. The fraction of sp³-hybridized carbons (Fsp3) is 0.111. The highest BCUT2D eigenvalue weighted by molar-refractivity contribution is 5.79. The van der Waals surface area contributed by atoms with Crippen molar-refractivity contribution in [3.63, 3.8) is 0 Å². The van der Waals surface area contributed by atoms with E-state index in [1.54, 1.807) is 49.6 Å². The summed E-state index contributed by atoms with van der Waals surface area (Å²) in [5.74, 6) is 1.61. The Morgan fingerprint density at radius 2 is 1.96 bits per heavy atom. The van der Waals surface area contributed by atoms with Gasteiger partial charge in [0.1, 0.15) is 35.2 Å². The lowest BCUT2D eigenvalue weighted by atomic mass is 10.2. The van der Waals surface area contributed by atoms with Gasteiger partial charge in [-0.05, 0) is 24.3 Å². The lowest BCUT2D eigenvalue weighted by Crippen LogP contribution is -2.05.